The highest BCUT2D eigenvalue weighted by atomic mass is 16.7. The van der Waals surface area contributed by atoms with Gasteiger partial charge in [-0.2, -0.15) is 0 Å². The summed E-state index contributed by atoms with van der Waals surface area (Å²) in [7, 11) is 0. The fraction of sp³-hybridized carbons (Fsp3) is 0.529. The van der Waals surface area contributed by atoms with Crippen LogP contribution in [0.15, 0.2) is 42.0 Å². The fourth-order valence-corrected chi connectivity index (χ4v) is 3.25. The van der Waals surface area contributed by atoms with Gasteiger partial charge in [0, 0.05) is 12.1 Å². The van der Waals surface area contributed by atoms with Crippen LogP contribution < -0.4 is 5.32 Å². The van der Waals surface area contributed by atoms with Gasteiger partial charge in [0.1, 0.15) is 0 Å². The van der Waals surface area contributed by atoms with Gasteiger partial charge in [-0.05, 0) is 12.8 Å². The molecule has 1 N–H and O–H groups in total. The van der Waals surface area contributed by atoms with E-state index in [9.17, 15) is 0 Å². The zero-order valence-electron chi connectivity index (χ0n) is 12.4. The minimum Gasteiger partial charge on any atom is -0.346 e. The highest BCUT2D eigenvalue weighted by Gasteiger charge is 2.47. The van der Waals surface area contributed by atoms with Crippen molar-refractivity contribution >= 4 is 0 Å². The van der Waals surface area contributed by atoms with Gasteiger partial charge in [-0.3, -0.25) is 0 Å². The Labute approximate surface area is 121 Å². The second-order valence-corrected chi connectivity index (χ2v) is 6.24. The Bertz CT molecular complexity index is 497. The number of benzene rings is 1. The fourth-order valence-electron chi connectivity index (χ4n) is 3.25. The van der Waals surface area contributed by atoms with Gasteiger partial charge in [-0.15, -0.1) is 0 Å². The van der Waals surface area contributed by atoms with Crippen molar-refractivity contribution in [2.75, 3.05) is 13.2 Å². The second kappa shape index (κ2) is 5.32. The normalized spacial score (nSPS) is 33.7. The zero-order chi connectivity index (χ0) is 14.2. The molecule has 1 aromatic rings. The predicted octanol–water partition coefficient (Wildman–Crippen LogP) is 3.04. The van der Waals surface area contributed by atoms with E-state index in [0.717, 1.165) is 12.1 Å². The third-order valence-electron chi connectivity index (χ3n) is 4.13. The first kappa shape index (κ1) is 13.8. The van der Waals surface area contributed by atoms with Gasteiger partial charge in [0.25, 0.3) is 0 Å². The van der Waals surface area contributed by atoms with Crippen LogP contribution in [0.3, 0.4) is 0 Å². The van der Waals surface area contributed by atoms with Crippen molar-refractivity contribution in [2.24, 2.45) is 5.92 Å². The average molecular weight is 273 g/mol. The van der Waals surface area contributed by atoms with Gasteiger partial charge in [-0.1, -0.05) is 55.8 Å². The van der Waals surface area contributed by atoms with Crippen molar-refractivity contribution in [3.63, 3.8) is 0 Å². The van der Waals surface area contributed by atoms with Crippen LogP contribution in [-0.4, -0.2) is 24.8 Å². The lowest BCUT2D eigenvalue weighted by Gasteiger charge is -2.45. The standard InChI is InChI=1S/C17H23NO2/c1-12(2)15-17(9-13(3)10-18-17)11-19-16(20-15)14-7-5-4-6-8-14/h4-9,12,15-16,18H,10-11H2,1-3H3/t15?,16-,17-/m1/s1. The molecule has 0 saturated carbocycles. The van der Waals surface area contributed by atoms with Crippen molar-refractivity contribution in [2.45, 2.75) is 38.7 Å². The summed E-state index contributed by atoms with van der Waals surface area (Å²) in [5.74, 6) is 0.430. The van der Waals surface area contributed by atoms with E-state index in [1.54, 1.807) is 0 Å². The minimum absolute atomic E-state index is 0.124. The first-order chi connectivity index (χ1) is 9.61. The summed E-state index contributed by atoms with van der Waals surface area (Å²) in [6, 6.07) is 10.2. The molecule has 2 aliphatic heterocycles. The summed E-state index contributed by atoms with van der Waals surface area (Å²) >= 11 is 0. The maximum absolute atomic E-state index is 6.29. The molecule has 2 heterocycles. The minimum atomic E-state index is -0.259. The van der Waals surface area contributed by atoms with E-state index in [1.165, 1.54) is 5.57 Å². The van der Waals surface area contributed by atoms with Crippen LogP contribution in [-0.2, 0) is 9.47 Å². The van der Waals surface area contributed by atoms with E-state index >= 15 is 0 Å². The third kappa shape index (κ3) is 2.41. The topological polar surface area (TPSA) is 30.5 Å². The maximum atomic E-state index is 6.29. The molecule has 0 radical (unpaired) electrons. The van der Waals surface area contributed by atoms with E-state index in [4.69, 9.17) is 9.47 Å². The molecule has 108 valence electrons. The van der Waals surface area contributed by atoms with E-state index in [-0.39, 0.29) is 17.9 Å². The molecule has 1 saturated heterocycles. The van der Waals surface area contributed by atoms with Crippen molar-refractivity contribution in [3.05, 3.63) is 47.5 Å². The van der Waals surface area contributed by atoms with Crippen molar-refractivity contribution in [1.82, 2.24) is 5.32 Å². The maximum Gasteiger partial charge on any atom is 0.184 e. The molecule has 1 aromatic carbocycles. The lowest BCUT2D eigenvalue weighted by molar-refractivity contribution is -0.253. The van der Waals surface area contributed by atoms with Crippen molar-refractivity contribution in [3.8, 4) is 0 Å². The molecular weight excluding hydrogens is 250 g/mol. The van der Waals surface area contributed by atoms with E-state index in [1.807, 2.05) is 18.2 Å². The molecular formula is C17H23NO2. The molecule has 20 heavy (non-hydrogen) atoms. The van der Waals surface area contributed by atoms with E-state index < -0.39 is 0 Å². The number of rotatable bonds is 2. The Morgan fingerprint density at radius 1 is 1.25 bits per heavy atom. The van der Waals surface area contributed by atoms with Gasteiger partial charge in [0.05, 0.1) is 18.2 Å². The monoisotopic (exact) mass is 273 g/mol. The Morgan fingerprint density at radius 2 is 2.00 bits per heavy atom. The molecule has 3 heteroatoms. The summed E-state index contributed by atoms with van der Waals surface area (Å²) in [5.41, 5.74) is 2.29. The molecule has 0 aliphatic carbocycles. The second-order valence-electron chi connectivity index (χ2n) is 6.24. The Morgan fingerprint density at radius 3 is 2.60 bits per heavy atom. The van der Waals surface area contributed by atoms with Gasteiger partial charge >= 0.3 is 0 Å². The molecule has 0 bridgehead atoms. The highest BCUT2D eigenvalue weighted by molar-refractivity contribution is 5.26. The molecule has 3 nitrogen and oxygen atoms in total. The van der Waals surface area contributed by atoms with E-state index in [0.29, 0.717) is 12.5 Å². The molecule has 3 atom stereocenters. The van der Waals surface area contributed by atoms with Gasteiger partial charge in [0.15, 0.2) is 6.29 Å². The summed E-state index contributed by atoms with van der Waals surface area (Å²) in [4.78, 5) is 0. The van der Waals surface area contributed by atoms with Crippen molar-refractivity contribution in [1.29, 1.82) is 0 Å². The van der Waals surface area contributed by atoms with Crippen LogP contribution in [0.1, 0.15) is 32.6 Å². The highest BCUT2D eigenvalue weighted by Crippen LogP contribution is 2.37. The van der Waals surface area contributed by atoms with Crippen LogP contribution in [0.2, 0.25) is 0 Å². The zero-order valence-corrected chi connectivity index (χ0v) is 12.4. The Balaban J connectivity index is 1.84. The smallest absolute Gasteiger partial charge is 0.184 e. The third-order valence-corrected chi connectivity index (χ3v) is 4.13. The van der Waals surface area contributed by atoms with Crippen LogP contribution in [0.4, 0.5) is 0 Å². The first-order valence-electron chi connectivity index (χ1n) is 7.36. The van der Waals surface area contributed by atoms with Crippen LogP contribution in [0, 0.1) is 5.92 Å². The first-order valence-corrected chi connectivity index (χ1v) is 7.36. The van der Waals surface area contributed by atoms with Gasteiger partial charge in [-0.25, -0.2) is 0 Å². The number of ether oxygens (including phenoxy) is 2. The number of nitrogens with one attached hydrogen (secondary N) is 1. The van der Waals surface area contributed by atoms with Crippen LogP contribution in [0.25, 0.3) is 0 Å². The van der Waals surface area contributed by atoms with Gasteiger partial charge in [0.2, 0.25) is 0 Å². The summed E-state index contributed by atoms with van der Waals surface area (Å²) in [6.07, 6.45) is 2.16. The molecule has 0 amide bonds. The van der Waals surface area contributed by atoms with Gasteiger partial charge < -0.3 is 14.8 Å². The molecule has 1 spiro atoms. The predicted molar refractivity (Wildman–Crippen MR) is 79.3 cm³/mol. The number of hydrogen-bond acceptors (Lipinski definition) is 3. The summed E-state index contributed by atoms with van der Waals surface area (Å²) < 4.78 is 12.3. The molecule has 1 unspecified atom stereocenters. The molecule has 2 aliphatic rings. The molecule has 3 rings (SSSR count). The summed E-state index contributed by atoms with van der Waals surface area (Å²) in [5, 5.41) is 3.58. The summed E-state index contributed by atoms with van der Waals surface area (Å²) in [6.45, 7) is 8.16. The lowest BCUT2D eigenvalue weighted by atomic mass is 9.85. The SMILES string of the molecule is CC1=C[C@]2(CO[C@@H](c3ccccc3)OC2C(C)C)NC1. The number of hydrogen-bond donors (Lipinski definition) is 1. The van der Waals surface area contributed by atoms with Crippen LogP contribution in [0.5, 0.6) is 0 Å². The molecule has 1 fully saturated rings. The lowest BCUT2D eigenvalue weighted by Crippen LogP contribution is -2.60. The van der Waals surface area contributed by atoms with Crippen LogP contribution >= 0.6 is 0 Å². The van der Waals surface area contributed by atoms with E-state index in [2.05, 4.69) is 44.3 Å². The Kier molecular flexibility index (Phi) is 3.67. The quantitative estimate of drug-likeness (QED) is 0.840. The Hall–Kier alpha value is -1.16. The van der Waals surface area contributed by atoms with Crippen molar-refractivity contribution < 1.29 is 9.47 Å². The molecule has 0 aromatic heterocycles. The largest absolute Gasteiger partial charge is 0.346 e. The average Bonchev–Trinajstić information content (AvgIpc) is 2.82.